The summed E-state index contributed by atoms with van der Waals surface area (Å²) in [5, 5.41) is 2.81. The number of halogens is 1. The molecule has 2 rings (SSSR count). The molecule has 1 N–H and O–H groups in total. The molecule has 2 aromatic carbocycles. The van der Waals surface area contributed by atoms with Crippen molar-refractivity contribution in [1.29, 1.82) is 0 Å². The highest BCUT2D eigenvalue weighted by Gasteiger charge is 2.32. The molecule has 0 fully saturated rings. The van der Waals surface area contributed by atoms with Gasteiger partial charge in [-0.3, -0.25) is 9.59 Å². The molecule has 2 amide bonds. The van der Waals surface area contributed by atoms with Crippen LogP contribution in [-0.4, -0.2) is 62.7 Å². The number of rotatable bonds is 11. The minimum atomic E-state index is -4.00. The molecule has 0 spiro atoms. The lowest BCUT2D eigenvalue weighted by atomic mass is 10.1. The van der Waals surface area contributed by atoms with Crippen LogP contribution < -0.4 is 9.62 Å². The molecule has 8 nitrogen and oxygen atoms in total. The largest absolute Gasteiger partial charge is 0.354 e. The maximum Gasteiger partial charge on any atom is 0.304 e. The summed E-state index contributed by atoms with van der Waals surface area (Å²) in [7, 11) is -1.23. The first-order chi connectivity index (χ1) is 15.9. The number of amides is 2. The number of hydrogen-bond acceptors (Lipinski definition) is 4. The maximum atomic E-state index is 13.5. The zero-order valence-corrected chi connectivity index (χ0v) is 21.0. The van der Waals surface area contributed by atoms with E-state index in [4.69, 9.17) is 0 Å². The molecule has 0 aliphatic carbocycles. The van der Waals surface area contributed by atoms with E-state index in [9.17, 15) is 22.4 Å². The fraction of sp³-hybridized carbons (Fsp3) is 0.417. The maximum absolute atomic E-state index is 13.5. The molecule has 34 heavy (non-hydrogen) atoms. The first-order valence-electron chi connectivity index (χ1n) is 11.0. The number of nitrogens with one attached hydrogen (secondary N) is 1. The summed E-state index contributed by atoms with van der Waals surface area (Å²) in [6.07, 6.45) is 0. The summed E-state index contributed by atoms with van der Waals surface area (Å²) in [5.74, 6) is -1.12. The number of benzene rings is 2. The molecule has 0 radical (unpaired) electrons. The molecule has 0 aromatic heterocycles. The third-order valence-corrected chi connectivity index (χ3v) is 7.00. The molecular formula is C24H33FN4O4S. The lowest BCUT2D eigenvalue weighted by Crippen LogP contribution is -2.52. The molecular weight excluding hydrogens is 459 g/mol. The Balaban J connectivity index is 2.39. The molecule has 0 saturated carbocycles. The fourth-order valence-electron chi connectivity index (χ4n) is 3.13. The number of anilines is 1. The predicted octanol–water partition coefficient (Wildman–Crippen LogP) is 2.63. The summed E-state index contributed by atoms with van der Waals surface area (Å²) in [5.41, 5.74) is 0.934. The predicted molar refractivity (Wildman–Crippen MR) is 131 cm³/mol. The van der Waals surface area contributed by atoms with Crippen molar-refractivity contribution < 1.29 is 22.4 Å². The Morgan fingerprint density at radius 3 is 2.09 bits per heavy atom. The summed E-state index contributed by atoms with van der Waals surface area (Å²) >= 11 is 0. The van der Waals surface area contributed by atoms with Crippen LogP contribution >= 0.6 is 0 Å². The highest BCUT2D eigenvalue weighted by Crippen LogP contribution is 2.20. The van der Waals surface area contributed by atoms with E-state index in [2.05, 4.69) is 5.32 Å². The van der Waals surface area contributed by atoms with Gasteiger partial charge in [0.1, 0.15) is 18.4 Å². The Hall–Kier alpha value is -2.98. The number of carbonyl (C=O) groups excluding carboxylic acids is 2. The van der Waals surface area contributed by atoms with Gasteiger partial charge >= 0.3 is 10.2 Å². The number of para-hydroxylation sites is 1. The monoisotopic (exact) mass is 492 g/mol. The van der Waals surface area contributed by atoms with E-state index >= 15 is 0 Å². The van der Waals surface area contributed by atoms with Gasteiger partial charge < -0.3 is 10.2 Å². The smallest absolute Gasteiger partial charge is 0.304 e. The van der Waals surface area contributed by atoms with Crippen molar-refractivity contribution >= 4 is 27.7 Å². The summed E-state index contributed by atoms with van der Waals surface area (Å²) in [6, 6.07) is 13.0. The second-order valence-corrected chi connectivity index (χ2v) is 10.7. The van der Waals surface area contributed by atoms with Gasteiger partial charge in [-0.2, -0.15) is 12.7 Å². The zero-order valence-electron chi connectivity index (χ0n) is 20.2. The van der Waals surface area contributed by atoms with Crippen molar-refractivity contribution in [2.24, 2.45) is 5.92 Å². The van der Waals surface area contributed by atoms with Crippen LogP contribution in [0.3, 0.4) is 0 Å². The van der Waals surface area contributed by atoms with Gasteiger partial charge in [-0.25, -0.2) is 8.70 Å². The number of nitrogens with zero attached hydrogens (tertiary/aromatic N) is 3. The van der Waals surface area contributed by atoms with Gasteiger partial charge in [-0.1, -0.05) is 44.2 Å². The second kappa shape index (κ2) is 11.9. The Labute approximate surface area is 201 Å². The lowest BCUT2D eigenvalue weighted by Gasteiger charge is -2.33. The molecule has 0 unspecified atom stereocenters. The van der Waals surface area contributed by atoms with Crippen LogP contribution in [0.1, 0.15) is 26.3 Å². The topological polar surface area (TPSA) is 90.0 Å². The molecule has 10 heteroatoms. The molecule has 0 aliphatic heterocycles. The standard InChI is InChI=1S/C24H33FN4O4S/c1-18(2)15-26-24(31)19(3)28(16-20-11-13-21(25)14-12-20)23(30)17-29(34(32,33)27(4)5)22-9-7-6-8-10-22/h6-14,18-19H,15-17H2,1-5H3,(H,26,31)/t19-/m0/s1. The molecule has 0 aliphatic rings. The van der Waals surface area contributed by atoms with Crippen LogP contribution in [0, 0.1) is 11.7 Å². The first kappa shape index (κ1) is 27.3. The van der Waals surface area contributed by atoms with Gasteiger partial charge in [-0.05, 0) is 42.7 Å². The van der Waals surface area contributed by atoms with Gasteiger partial charge in [0.25, 0.3) is 0 Å². The SMILES string of the molecule is CC(C)CNC(=O)[C@H](C)N(Cc1ccc(F)cc1)C(=O)CN(c1ccccc1)S(=O)(=O)N(C)C. The van der Waals surface area contributed by atoms with Crippen molar-refractivity contribution in [2.45, 2.75) is 33.4 Å². The van der Waals surface area contributed by atoms with Crippen molar-refractivity contribution in [1.82, 2.24) is 14.5 Å². The van der Waals surface area contributed by atoms with Gasteiger partial charge in [0.05, 0.1) is 5.69 Å². The molecule has 186 valence electrons. The van der Waals surface area contributed by atoms with Crippen LogP contribution in [0.15, 0.2) is 54.6 Å². The van der Waals surface area contributed by atoms with E-state index in [0.717, 1.165) is 8.61 Å². The Kier molecular flexibility index (Phi) is 9.57. The average Bonchev–Trinajstić information content (AvgIpc) is 2.80. The third-order valence-electron chi connectivity index (χ3n) is 5.18. The highest BCUT2D eigenvalue weighted by atomic mass is 32.2. The van der Waals surface area contributed by atoms with Crippen molar-refractivity contribution in [3.8, 4) is 0 Å². The van der Waals surface area contributed by atoms with Crippen LogP contribution in [0.2, 0.25) is 0 Å². The van der Waals surface area contributed by atoms with Crippen LogP contribution in [0.4, 0.5) is 10.1 Å². The average molecular weight is 493 g/mol. The molecule has 0 heterocycles. The highest BCUT2D eigenvalue weighted by molar-refractivity contribution is 7.90. The zero-order chi connectivity index (χ0) is 25.5. The van der Waals surface area contributed by atoms with E-state index in [1.165, 1.54) is 43.3 Å². The van der Waals surface area contributed by atoms with Crippen molar-refractivity contribution in [3.05, 3.63) is 66.0 Å². The van der Waals surface area contributed by atoms with Gasteiger partial charge in [0.15, 0.2) is 0 Å². The summed E-state index contributed by atoms with van der Waals surface area (Å²) < 4.78 is 41.5. The molecule has 0 bridgehead atoms. The van der Waals surface area contributed by atoms with E-state index in [0.29, 0.717) is 17.8 Å². The summed E-state index contributed by atoms with van der Waals surface area (Å²) in [6.45, 7) is 5.44. The quantitative estimate of drug-likeness (QED) is 0.522. The minimum Gasteiger partial charge on any atom is -0.354 e. The summed E-state index contributed by atoms with van der Waals surface area (Å²) in [4.78, 5) is 27.6. The van der Waals surface area contributed by atoms with E-state index in [1.54, 1.807) is 37.3 Å². The lowest BCUT2D eigenvalue weighted by molar-refractivity contribution is -0.139. The number of hydrogen-bond donors (Lipinski definition) is 1. The second-order valence-electron chi connectivity index (χ2n) is 8.60. The van der Waals surface area contributed by atoms with Crippen molar-refractivity contribution in [3.63, 3.8) is 0 Å². The molecule has 1 atom stereocenters. The normalized spacial score (nSPS) is 12.5. The van der Waals surface area contributed by atoms with E-state index in [1.807, 2.05) is 13.8 Å². The molecule has 2 aromatic rings. The van der Waals surface area contributed by atoms with Crippen LogP contribution in [-0.2, 0) is 26.3 Å². The third kappa shape index (κ3) is 7.26. The van der Waals surface area contributed by atoms with Gasteiger partial charge in [0, 0.05) is 27.2 Å². The number of carbonyl (C=O) groups is 2. The fourth-order valence-corrected chi connectivity index (χ4v) is 4.19. The minimum absolute atomic E-state index is 0.0139. The van der Waals surface area contributed by atoms with Gasteiger partial charge in [0.2, 0.25) is 11.8 Å². The molecule has 0 saturated heterocycles. The first-order valence-corrected chi connectivity index (χ1v) is 12.4. The van der Waals surface area contributed by atoms with Gasteiger partial charge in [-0.15, -0.1) is 0 Å². The Morgan fingerprint density at radius 2 is 1.56 bits per heavy atom. The van der Waals surface area contributed by atoms with E-state index in [-0.39, 0.29) is 18.4 Å². The Bertz CT molecular complexity index is 1060. The Morgan fingerprint density at radius 1 is 0.971 bits per heavy atom. The van der Waals surface area contributed by atoms with Crippen LogP contribution in [0.5, 0.6) is 0 Å². The van der Waals surface area contributed by atoms with Crippen molar-refractivity contribution in [2.75, 3.05) is 31.5 Å². The van der Waals surface area contributed by atoms with Crippen LogP contribution in [0.25, 0.3) is 0 Å². The van der Waals surface area contributed by atoms with E-state index < -0.39 is 34.5 Å².